The highest BCUT2D eigenvalue weighted by Gasteiger charge is 2.36. The maximum absolute atomic E-state index is 5.93. The molecule has 0 aromatic carbocycles. The lowest BCUT2D eigenvalue weighted by molar-refractivity contribution is -0.0530. The SMILES string of the molecule is COC1CN(c2nc(-c3cnc(N)nc3)nc3c2nc2n3CCOC2(C)C)C1. The van der Waals surface area contributed by atoms with Crippen LogP contribution < -0.4 is 10.6 Å². The lowest BCUT2D eigenvalue weighted by atomic mass is 10.1. The average Bonchev–Trinajstić information content (AvgIpc) is 3.02. The molecule has 146 valence electrons. The van der Waals surface area contributed by atoms with Crippen LogP contribution in [0, 0.1) is 0 Å². The average molecular weight is 382 g/mol. The molecule has 0 aliphatic carbocycles. The van der Waals surface area contributed by atoms with Crippen LogP contribution in [-0.2, 0) is 21.6 Å². The van der Waals surface area contributed by atoms with Crippen molar-refractivity contribution in [3.63, 3.8) is 0 Å². The summed E-state index contributed by atoms with van der Waals surface area (Å²) in [6, 6.07) is 0. The monoisotopic (exact) mass is 382 g/mol. The normalized spacial score (nSPS) is 18.9. The van der Waals surface area contributed by atoms with Gasteiger partial charge < -0.3 is 24.7 Å². The second kappa shape index (κ2) is 6.08. The van der Waals surface area contributed by atoms with E-state index in [4.69, 9.17) is 30.2 Å². The predicted octanol–water partition coefficient (Wildman–Crippen LogP) is 0.966. The molecule has 1 fully saturated rings. The second-order valence-corrected chi connectivity index (χ2v) is 7.58. The van der Waals surface area contributed by atoms with Gasteiger partial charge >= 0.3 is 0 Å². The molecular formula is C18H22N8O2. The second-order valence-electron chi connectivity index (χ2n) is 7.58. The van der Waals surface area contributed by atoms with E-state index in [9.17, 15) is 0 Å². The number of nitrogens with two attached hydrogens (primary N) is 1. The summed E-state index contributed by atoms with van der Waals surface area (Å²) in [4.78, 5) is 24.8. The number of nitrogen functional groups attached to an aromatic ring is 1. The Bertz CT molecular complexity index is 1040. The molecule has 10 nitrogen and oxygen atoms in total. The van der Waals surface area contributed by atoms with Crippen molar-refractivity contribution in [2.24, 2.45) is 0 Å². The van der Waals surface area contributed by atoms with Gasteiger partial charge in [-0.15, -0.1) is 0 Å². The Hall–Kier alpha value is -2.85. The first-order valence-corrected chi connectivity index (χ1v) is 9.24. The van der Waals surface area contributed by atoms with Gasteiger partial charge in [-0.3, -0.25) is 0 Å². The molecule has 0 amide bonds. The van der Waals surface area contributed by atoms with Crippen LogP contribution in [0.4, 0.5) is 11.8 Å². The van der Waals surface area contributed by atoms with Crippen molar-refractivity contribution in [2.45, 2.75) is 32.1 Å². The zero-order valence-corrected chi connectivity index (χ0v) is 16.1. The van der Waals surface area contributed by atoms with Crippen LogP contribution in [0.1, 0.15) is 19.7 Å². The first kappa shape index (κ1) is 17.3. The first-order valence-electron chi connectivity index (χ1n) is 9.24. The van der Waals surface area contributed by atoms with Crippen LogP contribution in [0.2, 0.25) is 0 Å². The number of methoxy groups -OCH3 is 1. The standard InChI is InChI=1S/C18H22N8O2/c1-18(2)16-22-12-14(25-8-11(9-25)27-3)23-13(10-6-20-17(19)21-7-10)24-15(12)26(16)4-5-28-18/h6-7,11H,4-5,8-9H2,1-3H3,(H2,19,20,21). The molecule has 0 saturated carbocycles. The minimum atomic E-state index is -0.481. The highest BCUT2D eigenvalue weighted by atomic mass is 16.5. The van der Waals surface area contributed by atoms with Gasteiger partial charge in [0.05, 0.1) is 18.3 Å². The zero-order chi connectivity index (χ0) is 19.5. The Morgan fingerprint density at radius 3 is 2.64 bits per heavy atom. The number of fused-ring (bicyclic) bond motifs is 3. The van der Waals surface area contributed by atoms with E-state index in [1.807, 2.05) is 13.8 Å². The summed E-state index contributed by atoms with van der Waals surface area (Å²) in [5.41, 5.74) is 7.43. The third-order valence-corrected chi connectivity index (χ3v) is 5.30. The Morgan fingerprint density at radius 1 is 1.18 bits per heavy atom. The third-order valence-electron chi connectivity index (χ3n) is 5.30. The van der Waals surface area contributed by atoms with Crippen molar-refractivity contribution in [3.8, 4) is 11.4 Å². The van der Waals surface area contributed by atoms with E-state index in [0.717, 1.165) is 35.9 Å². The molecule has 28 heavy (non-hydrogen) atoms. The fourth-order valence-electron chi connectivity index (χ4n) is 3.68. The van der Waals surface area contributed by atoms with Gasteiger partial charge in [0, 0.05) is 39.1 Å². The van der Waals surface area contributed by atoms with Gasteiger partial charge in [-0.05, 0) is 13.8 Å². The van der Waals surface area contributed by atoms with Crippen LogP contribution in [0.3, 0.4) is 0 Å². The molecule has 0 spiro atoms. The first-order chi connectivity index (χ1) is 13.5. The highest BCUT2D eigenvalue weighted by Crippen LogP contribution is 2.36. The molecule has 0 atom stereocenters. The Kier molecular flexibility index (Phi) is 3.75. The van der Waals surface area contributed by atoms with E-state index in [-0.39, 0.29) is 12.1 Å². The summed E-state index contributed by atoms with van der Waals surface area (Å²) in [5, 5.41) is 0. The van der Waals surface area contributed by atoms with Gasteiger partial charge in [0.1, 0.15) is 11.4 Å². The number of hydrogen-bond acceptors (Lipinski definition) is 9. The molecule has 0 unspecified atom stereocenters. The summed E-state index contributed by atoms with van der Waals surface area (Å²) in [6.45, 7) is 6.89. The molecule has 2 aliphatic heterocycles. The van der Waals surface area contributed by atoms with Crippen LogP contribution in [-0.4, -0.2) is 62.4 Å². The van der Waals surface area contributed by atoms with E-state index in [2.05, 4.69) is 19.4 Å². The van der Waals surface area contributed by atoms with Crippen molar-refractivity contribution < 1.29 is 9.47 Å². The Morgan fingerprint density at radius 2 is 1.93 bits per heavy atom. The van der Waals surface area contributed by atoms with Gasteiger partial charge in [-0.25, -0.2) is 24.9 Å². The number of anilines is 2. The molecule has 0 radical (unpaired) electrons. The number of rotatable bonds is 3. The molecule has 2 N–H and O–H groups in total. The quantitative estimate of drug-likeness (QED) is 0.707. The van der Waals surface area contributed by atoms with E-state index in [1.54, 1.807) is 19.5 Å². The Labute approximate surface area is 161 Å². The van der Waals surface area contributed by atoms with Crippen molar-refractivity contribution in [2.75, 3.05) is 37.4 Å². The number of nitrogens with zero attached hydrogens (tertiary/aromatic N) is 7. The van der Waals surface area contributed by atoms with E-state index < -0.39 is 5.60 Å². The summed E-state index contributed by atoms with van der Waals surface area (Å²) < 4.78 is 13.5. The minimum absolute atomic E-state index is 0.199. The van der Waals surface area contributed by atoms with Crippen molar-refractivity contribution in [3.05, 3.63) is 18.2 Å². The fourth-order valence-corrected chi connectivity index (χ4v) is 3.68. The highest BCUT2D eigenvalue weighted by molar-refractivity contribution is 5.87. The predicted molar refractivity (Wildman–Crippen MR) is 103 cm³/mol. The minimum Gasteiger partial charge on any atom is -0.378 e. The topological polar surface area (TPSA) is 117 Å². The maximum atomic E-state index is 5.93. The lowest BCUT2D eigenvalue weighted by Crippen LogP contribution is -2.52. The molecule has 10 heteroatoms. The van der Waals surface area contributed by atoms with Gasteiger partial charge in [-0.1, -0.05) is 0 Å². The summed E-state index contributed by atoms with van der Waals surface area (Å²) in [5.74, 6) is 2.42. The van der Waals surface area contributed by atoms with E-state index in [0.29, 0.717) is 24.5 Å². The third kappa shape index (κ3) is 2.60. The number of imidazole rings is 1. The number of hydrogen-bond donors (Lipinski definition) is 1. The molecule has 0 bridgehead atoms. The van der Waals surface area contributed by atoms with Crippen molar-refractivity contribution >= 4 is 22.9 Å². The maximum Gasteiger partial charge on any atom is 0.219 e. The Balaban J connectivity index is 1.71. The molecule has 5 heterocycles. The lowest BCUT2D eigenvalue weighted by Gasteiger charge is -2.39. The van der Waals surface area contributed by atoms with Gasteiger partial charge in [0.25, 0.3) is 0 Å². The van der Waals surface area contributed by atoms with Crippen molar-refractivity contribution in [1.82, 2.24) is 29.5 Å². The van der Waals surface area contributed by atoms with Crippen LogP contribution in [0.5, 0.6) is 0 Å². The van der Waals surface area contributed by atoms with E-state index in [1.165, 1.54) is 0 Å². The fraction of sp³-hybridized carbons (Fsp3) is 0.500. The molecule has 5 rings (SSSR count). The summed E-state index contributed by atoms with van der Waals surface area (Å²) in [7, 11) is 1.73. The van der Waals surface area contributed by atoms with Crippen LogP contribution >= 0.6 is 0 Å². The number of aromatic nitrogens is 6. The van der Waals surface area contributed by atoms with E-state index >= 15 is 0 Å². The molecule has 2 aliphatic rings. The summed E-state index contributed by atoms with van der Waals surface area (Å²) >= 11 is 0. The zero-order valence-electron chi connectivity index (χ0n) is 16.1. The van der Waals surface area contributed by atoms with Crippen molar-refractivity contribution in [1.29, 1.82) is 0 Å². The molecular weight excluding hydrogens is 360 g/mol. The van der Waals surface area contributed by atoms with Crippen LogP contribution in [0.15, 0.2) is 12.4 Å². The van der Waals surface area contributed by atoms with Gasteiger partial charge in [0.15, 0.2) is 22.8 Å². The molecule has 1 saturated heterocycles. The van der Waals surface area contributed by atoms with Crippen LogP contribution in [0.25, 0.3) is 22.6 Å². The molecule has 3 aromatic rings. The largest absolute Gasteiger partial charge is 0.378 e. The summed E-state index contributed by atoms with van der Waals surface area (Å²) in [6.07, 6.45) is 3.48. The van der Waals surface area contributed by atoms with Gasteiger partial charge in [-0.2, -0.15) is 0 Å². The van der Waals surface area contributed by atoms with Gasteiger partial charge in [0.2, 0.25) is 5.95 Å². The molecule has 3 aromatic heterocycles. The number of ether oxygens (including phenoxy) is 2. The smallest absolute Gasteiger partial charge is 0.219 e.